The predicted octanol–water partition coefficient (Wildman–Crippen LogP) is 4.42. The van der Waals surface area contributed by atoms with Crippen molar-refractivity contribution in [2.75, 3.05) is 6.54 Å². The number of carboxylic acids is 1. The molecule has 0 aliphatic rings. The third-order valence-electron chi connectivity index (χ3n) is 4.73. The minimum atomic E-state index is -0.873. The summed E-state index contributed by atoms with van der Waals surface area (Å²) >= 11 is 0. The van der Waals surface area contributed by atoms with E-state index in [0.29, 0.717) is 25.8 Å². The predicted molar refractivity (Wildman–Crippen MR) is 113 cm³/mol. The second-order valence-corrected chi connectivity index (χ2v) is 8.12. The number of carbonyl (C=O) groups is 3. The molecule has 0 heterocycles. The second kappa shape index (κ2) is 17.5. The van der Waals surface area contributed by atoms with Gasteiger partial charge in [-0.15, -0.1) is 0 Å². The molecule has 1 atom stereocenters. The standard InChI is InChI=1S/C22H42N2O4/c1-4-5-6-7-8-9-10-11-12-14-20(25)24-19(17-18(2)3)22(28)23-16-13-15-21(26)27/h18-19H,4-17H2,1-3H3,(H,23,28)(H,24,25)(H,26,27)/t19-/m0/s1. The Morgan fingerprint density at radius 3 is 1.93 bits per heavy atom. The molecule has 6 heteroatoms. The van der Waals surface area contributed by atoms with Crippen LogP contribution >= 0.6 is 0 Å². The van der Waals surface area contributed by atoms with Crippen molar-refractivity contribution in [2.45, 2.75) is 110 Å². The van der Waals surface area contributed by atoms with Crippen LogP contribution in [0.4, 0.5) is 0 Å². The van der Waals surface area contributed by atoms with Crippen molar-refractivity contribution >= 4 is 17.8 Å². The number of carboxylic acid groups (broad SMARTS) is 1. The second-order valence-electron chi connectivity index (χ2n) is 8.12. The van der Waals surface area contributed by atoms with E-state index in [1.165, 1.54) is 44.9 Å². The molecule has 0 unspecified atom stereocenters. The summed E-state index contributed by atoms with van der Waals surface area (Å²) in [5.41, 5.74) is 0. The topological polar surface area (TPSA) is 95.5 Å². The Bertz CT molecular complexity index is 438. The highest BCUT2D eigenvalue weighted by molar-refractivity contribution is 5.87. The van der Waals surface area contributed by atoms with Gasteiger partial charge < -0.3 is 15.7 Å². The molecular weight excluding hydrogens is 356 g/mol. The normalized spacial score (nSPS) is 12.0. The van der Waals surface area contributed by atoms with E-state index in [1.807, 2.05) is 13.8 Å². The Kier molecular flexibility index (Phi) is 16.5. The molecule has 0 rings (SSSR count). The Morgan fingerprint density at radius 2 is 1.39 bits per heavy atom. The van der Waals surface area contributed by atoms with Gasteiger partial charge in [0.05, 0.1) is 0 Å². The number of hydrogen-bond acceptors (Lipinski definition) is 3. The van der Waals surface area contributed by atoms with Crippen LogP contribution in [0.25, 0.3) is 0 Å². The molecule has 0 aliphatic heterocycles. The Balaban J connectivity index is 4.01. The van der Waals surface area contributed by atoms with Gasteiger partial charge in [-0.25, -0.2) is 0 Å². The molecule has 0 saturated heterocycles. The highest BCUT2D eigenvalue weighted by Gasteiger charge is 2.21. The smallest absolute Gasteiger partial charge is 0.303 e. The van der Waals surface area contributed by atoms with Crippen LogP contribution in [0.2, 0.25) is 0 Å². The van der Waals surface area contributed by atoms with Crippen LogP contribution in [0.1, 0.15) is 104 Å². The molecular formula is C22H42N2O4. The first-order valence-electron chi connectivity index (χ1n) is 11.2. The monoisotopic (exact) mass is 398 g/mol. The number of hydrogen-bond donors (Lipinski definition) is 3. The lowest BCUT2D eigenvalue weighted by atomic mass is 10.0. The fourth-order valence-corrected chi connectivity index (χ4v) is 3.14. The molecule has 28 heavy (non-hydrogen) atoms. The van der Waals surface area contributed by atoms with Gasteiger partial charge in [0.15, 0.2) is 0 Å². The average molecular weight is 399 g/mol. The van der Waals surface area contributed by atoms with Crippen LogP contribution in [0.3, 0.4) is 0 Å². The van der Waals surface area contributed by atoms with Crippen LogP contribution in [0, 0.1) is 5.92 Å². The summed E-state index contributed by atoms with van der Waals surface area (Å²) in [5.74, 6) is -0.890. The highest BCUT2D eigenvalue weighted by Crippen LogP contribution is 2.11. The van der Waals surface area contributed by atoms with E-state index < -0.39 is 12.0 Å². The molecule has 0 spiro atoms. The van der Waals surface area contributed by atoms with Crippen LogP contribution in [-0.4, -0.2) is 35.5 Å². The quantitative estimate of drug-likeness (QED) is 0.298. The van der Waals surface area contributed by atoms with Crippen LogP contribution in [-0.2, 0) is 14.4 Å². The van der Waals surface area contributed by atoms with E-state index >= 15 is 0 Å². The maximum atomic E-state index is 12.3. The van der Waals surface area contributed by atoms with Gasteiger partial charge in [-0.3, -0.25) is 14.4 Å². The van der Waals surface area contributed by atoms with E-state index in [0.717, 1.165) is 12.8 Å². The number of rotatable bonds is 18. The van der Waals surface area contributed by atoms with Crippen molar-refractivity contribution < 1.29 is 19.5 Å². The van der Waals surface area contributed by atoms with Gasteiger partial charge >= 0.3 is 5.97 Å². The van der Waals surface area contributed by atoms with Gasteiger partial charge in [-0.2, -0.15) is 0 Å². The van der Waals surface area contributed by atoms with Crippen molar-refractivity contribution in [3.63, 3.8) is 0 Å². The Morgan fingerprint density at radius 1 is 0.821 bits per heavy atom. The molecule has 164 valence electrons. The van der Waals surface area contributed by atoms with E-state index in [4.69, 9.17) is 5.11 Å². The first-order chi connectivity index (χ1) is 13.4. The Hall–Kier alpha value is -1.59. The van der Waals surface area contributed by atoms with Crippen LogP contribution in [0.5, 0.6) is 0 Å². The molecule has 0 radical (unpaired) electrons. The van der Waals surface area contributed by atoms with Crippen molar-refractivity contribution in [3.05, 3.63) is 0 Å². The molecule has 0 aromatic rings. The lowest BCUT2D eigenvalue weighted by molar-refractivity contribution is -0.137. The summed E-state index contributed by atoms with van der Waals surface area (Å²) in [4.78, 5) is 35.0. The van der Waals surface area contributed by atoms with Crippen molar-refractivity contribution in [3.8, 4) is 0 Å². The summed E-state index contributed by atoms with van der Waals surface area (Å²) in [6, 6.07) is -0.545. The molecule has 6 nitrogen and oxygen atoms in total. The SMILES string of the molecule is CCCCCCCCCCCC(=O)N[C@@H](CC(C)C)C(=O)NCCCC(=O)O. The molecule has 3 N–H and O–H groups in total. The zero-order valence-electron chi connectivity index (χ0n) is 18.2. The molecule has 0 aliphatic carbocycles. The summed E-state index contributed by atoms with van der Waals surface area (Å²) < 4.78 is 0. The van der Waals surface area contributed by atoms with Gasteiger partial charge in [0.1, 0.15) is 6.04 Å². The van der Waals surface area contributed by atoms with Gasteiger partial charge in [-0.05, 0) is 25.2 Å². The van der Waals surface area contributed by atoms with Crippen molar-refractivity contribution in [1.29, 1.82) is 0 Å². The van der Waals surface area contributed by atoms with Crippen molar-refractivity contribution in [2.24, 2.45) is 5.92 Å². The fraction of sp³-hybridized carbons (Fsp3) is 0.864. The Labute approximate surface area is 171 Å². The number of aliphatic carboxylic acids is 1. The third-order valence-corrected chi connectivity index (χ3v) is 4.73. The third kappa shape index (κ3) is 16.6. The van der Waals surface area contributed by atoms with Gasteiger partial charge in [-0.1, -0.05) is 72.1 Å². The molecule has 2 amide bonds. The van der Waals surface area contributed by atoms with Gasteiger partial charge in [0, 0.05) is 19.4 Å². The van der Waals surface area contributed by atoms with E-state index in [1.54, 1.807) is 0 Å². The lowest BCUT2D eigenvalue weighted by Gasteiger charge is -2.20. The molecule has 0 fully saturated rings. The van der Waals surface area contributed by atoms with Crippen molar-refractivity contribution in [1.82, 2.24) is 10.6 Å². The maximum absolute atomic E-state index is 12.3. The van der Waals surface area contributed by atoms with E-state index in [-0.39, 0.29) is 24.2 Å². The lowest BCUT2D eigenvalue weighted by Crippen LogP contribution is -2.47. The fourth-order valence-electron chi connectivity index (χ4n) is 3.14. The summed E-state index contributed by atoms with van der Waals surface area (Å²) in [6.45, 7) is 6.56. The largest absolute Gasteiger partial charge is 0.481 e. The van der Waals surface area contributed by atoms with Gasteiger partial charge in [0.2, 0.25) is 11.8 Å². The first kappa shape index (κ1) is 26.4. The minimum absolute atomic E-state index is 0.0279. The number of nitrogens with one attached hydrogen (secondary N) is 2. The van der Waals surface area contributed by atoms with Gasteiger partial charge in [0.25, 0.3) is 0 Å². The molecule has 0 bridgehead atoms. The molecule has 0 aromatic carbocycles. The first-order valence-corrected chi connectivity index (χ1v) is 11.2. The van der Waals surface area contributed by atoms with Crippen LogP contribution < -0.4 is 10.6 Å². The average Bonchev–Trinajstić information content (AvgIpc) is 2.62. The zero-order chi connectivity index (χ0) is 21.2. The van der Waals surface area contributed by atoms with Crippen LogP contribution in [0.15, 0.2) is 0 Å². The minimum Gasteiger partial charge on any atom is -0.481 e. The summed E-state index contributed by atoms with van der Waals surface area (Å²) in [5, 5.41) is 14.2. The summed E-state index contributed by atoms with van der Waals surface area (Å²) in [6.07, 6.45) is 12.3. The number of unbranched alkanes of at least 4 members (excludes halogenated alkanes) is 8. The van der Waals surface area contributed by atoms with E-state index in [9.17, 15) is 14.4 Å². The zero-order valence-corrected chi connectivity index (χ0v) is 18.2. The number of carbonyl (C=O) groups excluding carboxylic acids is 2. The maximum Gasteiger partial charge on any atom is 0.303 e. The highest BCUT2D eigenvalue weighted by atomic mass is 16.4. The molecule has 0 saturated carbocycles. The number of amides is 2. The van der Waals surface area contributed by atoms with E-state index in [2.05, 4.69) is 17.6 Å². The molecule has 0 aromatic heterocycles. The summed E-state index contributed by atoms with van der Waals surface area (Å²) in [7, 11) is 0.